The highest BCUT2D eigenvalue weighted by molar-refractivity contribution is 6.38. The maximum absolute atomic E-state index is 6.36. The summed E-state index contributed by atoms with van der Waals surface area (Å²) in [5.41, 5.74) is 2.00. The van der Waals surface area contributed by atoms with Gasteiger partial charge in [0.15, 0.2) is 0 Å². The van der Waals surface area contributed by atoms with Crippen LogP contribution in [-0.4, -0.2) is 4.98 Å². The molecule has 0 saturated carbocycles. The molecule has 4 aromatic rings. The molecule has 0 bridgehead atoms. The van der Waals surface area contributed by atoms with E-state index < -0.39 is 0 Å². The van der Waals surface area contributed by atoms with Crippen molar-refractivity contribution in [2.45, 2.75) is 0 Å². The molecular formula is C17H10ClN. The fourth-order valence-electron chi connectivity index (χ4n) is 2.59. The van der Waals surface area contributed by atoms with Gasteiger partial charge >= 0.3 is 0 Å². The molecule has 0 N–H and O–H groups in total. The highest BCUT2D eigenvalue weighted by atomic mass is 35.5. The van der Waals surface area contributed by atoms with Gasteiger partial charge in [-0.25, -0.2) is 4.98 Å². The highest BCUT2D eigenvalue weighted by Crippen LogP contribution is 2.32. The molecule has 2 heteroatoms. The van der Waals surface area contributed by atoms with Crippen molar-refractivity contribution in [1.29, 1.82) is 0 Å². The summed E-state index contributed by atoms with van der Waals surface area (Å²) in [5, 5.41) is 5.27. The van der Waals surface area contributed by atoms with Gasteiger partial charge in [-0.2, -0.15) is 0 Å². The molecule has 4 rings (SSSR count). The van der Waals surface area contributed by atoms with Gasteiger partial charge in [-0.15, -0.1) is 0 Å². The summed E-state index contributed by atoms with van der Waals surface area (Å²) in [4.78, 5) is 4.71. The number of aromatic nitrogens is 1. The lowest BCUT2D eigenvalue weighted by Crippen LogP contribution is -1.84. The number of nitrogens with zero attached hydrogens (tertiary/aromatic N) is 1. The number of para-hydroxylation sites is 1. The molecule has 0 aliphatic heterocycles. The molecule has 0 unspecified atom stereocenters. The van der Waals surface area contributed by atoms with Crippen LogP contribution in [-0.2, 0) is 0 Å². The number of halogens is 1. The van der Waals surface area contributed by atoms with Crippen LogP contribution in [0, 0.1) is 0 Å². The molecule has 0 atom stereocenters. The van der Waals surface area contributed by atoms with Gasteiger partial charge in [-0.05, 0) is 29.7 Å². The maximum Gasteiger partial charge on any atom is 0.0716 e. The van der Waals surface area contributed by atoms with Crippen LogP contribution in [0.3, 0.4) is 0 Å². The number of hydrogen-bond donors (Lipinski definition) is 0. The molecule has 90 valence electrons. The third-order valence-electron chi connectivity index (χ3n) is 3.49. The second-order valence-corrected chi connectivity index (χ2v) is 5.06. The normalized spacial score (nSPS) is 11.4. The SMILES string of the molecule is Clc1cccc2ccc3nc4ccccc4cc3c12. The Morgan fingerprint density at radius 3 is 2.53 bits per heavy atom. The number of pyridine rings is 1. The van der Waals surface area contributed by atoms with Gasteiger partial charge in [0.1, 0.15) is 0 Å². The van der Waals surface area contributed by atoms with Crippen LogP contribution in [0.4, 0.5) is 0 Å². The third kappa shape index (κ3) is 1.59. The van der Waals surface area contributed by atoms with Crippen molar-refractivity contribution < 1.29 is 0 Å². The molecule has 1 aromatic heterocycles. The van der Waals surface area contributed by atoms with Gasteiger partial charge in [0, 0.05) is 21.2 Å². The predicted octanol–water partition coefficient (Wildman–Crippen LogP) is 5.19. The standard InChI is InChI=1S/C17H10ClN/c18-14-6-3-5-11-8-9-16-13(17(11)14)10-12-4-1-2-7-15(12)19-16/h1-10H. The van der Waals surface area contributed by atoms with Crippen molar-refractivity contribution in [2.75, 3.05) is 0 Å². The first-order valence-electron chi connectivity index (χ1n) is 6.20. The van der Waals surface area contributed by atoms with E-state index in [2.05, 4.69) is 30.3 Å². The number of fused-ring (bicyclic) bond motifs is 4. The Bertz CT molecular complexity index is 928. The van der Waals surface area contributed by atoms with Crippen LogP contribution < -0.4 is 0 Å². The maximum atomic E-state index is 6.36. The highest BCUT2D eigenvalue weighted by Gasteiger charge is 2.06. The first-order chi connectivity index (χ1) is 9.33. The molecule has 0 amide bonds. The zero-order valence-corrected chi connectivity index (χ0v) is 10.9. The van der Waals surface area contributed by atoms with E-state index in [4.69, 9.17) is 16.6 Å². The fourth-order valence-corrected chi connectivity index (χ4v) is 2.87. The van der Waals surface area contributed by atoms with E-state index in [-0.39, 0.29) is 0 Å². The van der Waals surface area contributed by atoms with E-state index in [1.165, 1.54) is 0 Å². The fraction of sp³-hybridized carbons (Fsp3) is 0. The van der Waals surface area contributed by atoms with Crippen molar-refractivity contribution >= 4 is 44.2 Å². The van der Waals surface area contributed by atoms with Crippen molar-refractivity contribution in [1.82, 2.24) is 4.98 Å². The van der Waals surface area contributed by atoms with Gasteiger partial charge in [-0.1, -0.05) is 48.0 Å². The summed E-state index contributed by atoms with van der Waals surface area (Å²) in [5.74, 6) is 0. The van der Waals surface area contributed by atoms with E-state index in [1.807, 2.05) is 30.3 Å². The van der Waals surface area contributed by atoms with Crippen molar-refractivity contribution in [2.24, 2.45) is 0 Å². The van der Waals surface area contributed by atoms with Crippen molar-refractivity contribution in [3.8, 4) is 0 Å². The van der Waals surface area contributed by atoms with E-state index in [9.17, 15) is 0 Å². The zero-order chi connectivity index (χ0) is 12.8. The van der Waals surface area contributed by atoms with Crippen LogP contribution in [0.15, 0.2) is 60.7 Å². The van der Waals surface area contributed by atoms with Crippen molar-refractivity contribution in [3.63, 3.8) is 0 Å². The molecule has 0 aliphatic rings. The lowest BCUT2D eigenvalue weighted by molar-refractivity contribution is 1.51. The van der Waals surface area contributed by atoms with Gasteiger partial charge < -0.3 is 0 Å². The molecule has 1 heterocycles. The Morgan fingerprint density at radius 2 is 1.58 bits per heavy atom. The third-order valence-corrected chi connectivity index (χ3v) is 3.80. The minimum Gasteiger partial charge on any atom is -0.248 e. The predicted molar refractivity (Wildman–Crippen MR) is 81.8 cm³/mol. The van der Waals surface area contributed by atoms with E-state index in [1.54, 1.807) is 0 Å². The first-order valence-corrected chi connectivity index (χ1v) is 6.57. The van der Waals surface area contributed by atoms with Crippen LogP contribution >= 0.6 is 11.6 Å². The second kappa shape index (κ2) is 3.94. The summed E-state index contributed by atoms with van der Waals surface area (Å²) in [6.45, 7) is 0. The van der Waals surface area contributed by atoms with E-state index in [0.29, 0.717) is 0 Å². The second-order valence-electron chi connectivity index (χ2n) is 4.65. The zero-order valence-electron chi connectivity index (χ0n) is 10.1. The van der Waals surface area contributed by atoms with Gasteiger partial charge in [0.2, 0.25) is 0 Å². The van der Waals surface area contributed by atoms with Gasteiger partial charge in [-0.3, -0.25) is 0 Å². The lowest BCUT2D eigenvalue weighted by Gasteiger charge is -2.07. The molecule has 0 radical (unpaired) electrons. The molecular weight excluding hydrogens is 254 g/mol. The molecule has 0 aliphatic carbocycles. The minimum absolute atomic E-state index is 0.778. The Kier molecular flexibility index (Phi) is 2.23. The molecule has 1 nitrogen and oxygen atoms in total. The average molecular weight is 264 g/mol. The summed E-state index contributed by atoms with van der Waals surface area (Å²) in [6.07, 6.45) is 0. The lowest BCUT2D eigenvalue weighted by atomic mass is 10.0. The summed E-state index contributed by atoms with van der Waals surface area (Å²) in [7, 11) is 0. The summed E-state index contributed by atoms with van der Waals surface area (Å²) >= 11 is 6.36. The molecule has 3 aromatic carbocycles. The Labute approximate surface area is 115 Å². The quantitative estimate of drug-likeness (QED) is 0.314. The number of benzene rings is 3. The monoisotopic (exact) mass is 263 g/mol. The molecule has 0 saturated heterocycles. The van der Waals surface area contributed by atoms with Gasteiger partial charge in [0.25, 0.3) is 0 Å². The Balaban J connectivity index is 2.29. The van der Waals surface area contributed by atoms with Crippen LogP contribution in [0.5, 0.6) is 0 Å². The average Bonchev–Trinajstić information content (AvgIpc) is 2.45. The smallest absolute Gasteiger partial charge is 0.0716 e. The first kappa shape index (κ1) is 10.8. The minimum atomic E-state index is 0.778. The number of hydrogen-bond acceptors (Lipinski definition) is 1. The van der Waals surface area contributed by atoms with Crippen LogP contribution in [0.2, 0.25) is 5.02 Å². The molecule has 0 fully saturated rings. The number of rotatable bonds is 0. The largest absolute Gasteiger partial charge is 0.248 e. The van der Waals surface area contributed by atoms with Crippen molar-refractivity contribution in [3.05, 3.63) is 65.7 Å². The molecule has 0 spiro atoms. The Morgan fingerprint density at radius 1 is 0.737 bits per heavy atom. The van der Waals surface area contributed by atoms with Crippen LogP contribution in [0.1, 0.15) is 0 Å². The van der Waals surface area contributed by atoms with Gasteiger partial charge in [0.05, 0.1) is 11.0 Å². The van der Waals surface area contributed by atoms with E-state index >= 15 is 0 Å². The summed E-state index contributed by atoms with van der Waals surface area (Å²) in [6, 6.07) is 20.4. The molecule has 19 heavy (non-hydrogen) atoms. The topological polar surface area (TPSA) is 12.9 Å². The summed E-state index contributed by atoms with van der Waals surface area (Å²) < 4.78 is 0. The Hall–Kier alpha value is -2.12. The van der Waals surface area contributed by atoms with Crippen LogP contribution in [0.25, 0.3) is 32.6 Å². The van der Waals surface area contributed by atoms with E-state index in [0.717, 1.165) is 37.6 Å².